The Kier molecular flexibility index (Phi) is 3.40. The number of rotatable bonds is 1. The molecule has 1 atom stereocenters. The molecule has 0 bridgehead atoms. The molecule has 0 N–H and O–H groups in total. The molecule has 0 amide bonds. The Morgan fingerprint density at radius 2 is 2.06 bits per heavy atom. The second-order valence-corrected chi connectivity index (χ2v) is 9.04. The summed E-state index contributed by atoms with van der Waals surface area (Å²) in [5.74, 6) is 1.03. The lowest BCUT2D eigenvalue weighted by Gasteiger charge is -2.30. The van der Waals surface area contributed by atoms with Gasteiger partial charge in [0.25, 0.3) is 0 Å². The van der Waals surface area contributed by atoms with Gasteiger partial charge in [0.1, 0.15) is 5.82 Å². The molecule has 2 heterocycles. The molecule has 1 aliphatic rings. The first kappa shape index (κ1) is 13.7. The average Bonchev–Trinajstić information content (AvgIpc) is 2.70. The van der Waals surface area contributed by atoms with E-state index in [9.17, 15) is 8.42 Å². The van der Waals surface area contributed by atoms with Crippen LogP contribution in [-0.2, 0) is 15.3 Å². The highest BCUT2D eigenvalue weighted by atomic mass is 32.2. The standard InChI is InChI=1S/C11H19N3O2S2/c1-8-7-14(5-6-18(8,15)16)10-12-9(13-17-10)11(2,3)4/h8H,5-7H2,1-4H3. The van der Waals surface area contributed by atoms with E-state index in [0.29, 0.717) is 13.1 Å². The Bertz CT molecular complexity index is 531. The highest BCUT2D eigenvalue weighted by molar-refractivity contribution is 7.92. The summed E-state index contributed by atoms with van der Waals surface area (Å²) >= 11 is 1.36. The molecule has 1 aliphatic heterocycles. The second-order valence-electron chi connectivity index (χ2n) is 5.77. The molecule has 1 fully saturated rings. The van der Waals surface area contributed by atoms with Gasteiger partial charge in [-0.25, -0.2) is 13.4 Å². The van der Waals surface area contributed by atoms with Gasteiger partial charge in [0.15, 0.2) is 9.84 Å². The summed E-state index contributed by atoms with van der Waals surface area (Å²) in [7, 11) is -2.91. The molecule has 102 valence electrons. The van der Waals surface area contributed by atoms with E-state index in [0.717, 1.165) is 11.0 Å². The SMILES string of the molecule is CC1CN(c2nc(C(C)(C)C)ns2)CCS1(=O)=O. The van der Waals surface area contributed by atoms with Crippen molar-refractivity contribution in [2.75, 3.05) is 23.7 Å². The fourth-order valence-corrected chi connectivity index (χ4v) is 3.95. The fraction of sp³-hybridized carbons (Fsp3) is 0.818. The molecule has 0 aromatic carbocycles. The molecule has 0 aliphatic carbocycles. The van der Waals surface area contributed by atoms with Crippen LogP contribution in [0.2, 0.25) is 0 Å². The normalized spacial score (nSPS) is 24.2. The minimum Gasteiger partial charge on any atom is -0.345 e. The van der Waals surface area contributed by atoms with Crippen LogP contribution in [0.3, 0.4) is 0 Å². The predicted octanol–water partition coefficient (Wildman–Crippen LogP) is 1.46. The number of anilines is 1. The fourth-order valence-electron chi connectivity index (χ4n) is 1.78. The van der Waals surface area contributed by atoms with Gasteiger partial charge in [-0.3, -0.25) is 0 Å². The minimum atomic E-state index is -2.91. The second kappa shape index (κ2) is 4.45. The number of nitrogens with zero attached hydrogens (tertiary/aromatic N) is 3. The maximum atomic E-state index is 11.7. The first-order valence-corrected chi connectivity index (χ1v) is 8.50. The maximum absolute atomic E-state index is 11.7. The molecule has 2 rings (SSSR count). The van der Waals surface area contributed by atoms with Gasteiger partial charge in [-0.1, -0.05) is 20.8 Å². The molecule has 1 unspecified atom stereocenters. The number of hydrogen-bond donors (Lipinski definition) is 0. The van der Waals surface area contributed by atoms with Gasteiger partial charge in [0.2, 0.25) is 5.13 Å². The summed E-state index contributed by atoms with van der Waals surface area (Å²) in [5.41, 5.74) is -0.0672. The van der Waals surface area contributed by atoms with Crippen molar-refractivity contribution >= 4 is 26.5 Å². The molecular formula is C11H19N3O2S2. The van der Waals surface area contributed by atoms with Crippen LogP contribution in [0.5, 0.6) is 0 Å². The lowest BCUT2D eigenvalue weighted by atomic mass is 9.96. The quantitative estimate of drug-likeness (QED) is 0.783. The van der Waals surface area contributed by atoms with Gasteiger partial charge >= 0.3 is 0 Å². The zero-order valence-corrected chi connectivity index (χ0v) is 12.8. The van der Waals surface area contributed by atoms with Crippen LogP contribution in [0, 0.1) is 0 Å². The minimum absolute atomic E-state index is 0.0672. The Hall–Kier alpha value is -0.690. The lowest BCUT2D eigenvalue weighted by molar-refractivity contribution is 0.551. The van der Waals surface area contributed by atoms with E-state index in [1.165, 1.54) is 11.5 Å². The first-order valence-electron chi connectivity index (χ1n) is 6.01. The molecular weight excluding hydrogens is 270 g/mol. The van der Waals surface area contributed by atoms with Gasteiger partial charge in [-0.15, -0.1) is 0 Å². The monoisotopic (exact) mass is 289 g/mol. The summed E-state index contributed by atoms with van der Waals surface area (Å²) in [5, 5.41) is 0.509. The summed E-state index contributed by atoms with van der Waals surface area (Å²) in [6, 6.07) is 0. The Morgan fingerprint density at radius 3 is 2.56 bits per heavy atom. The van der Waals surface area contributed by atoms with Crippen LogP contribution in [0.25, 0.3) is 0 Å². The highest BCUT2D eigenvalue weighted by Crippen LogP contribution is 2.27. The number of hydrogen-bond acceptors (Lipinski definition) is 6. The maximum Gasteiger partial charge on any atom is 0.205 e. The average molecular weight is 289 g/mol. The van der Waals surface area contributed by atoms with Crippen molar-refractivity contribution in [3.8, 4) is 0 Å². The predicted molar refractivity (Wildman–Crippen MR) is 74.1 cm³/mol. The molecule has 1 aromatic heterocycles. The molecule has 0 saturated carbocycles. The largest absolute Gasteiger partial charge is 0.345 e. The van der Waals surface area contributed by atoms with Crippen LogP contribution in [0.4, 0.5) is 5.13 Å². The van der Waals surface area contributed by atoms with Gasteiger partial charge in [-0.05, 0) is 6.92 Å². The van der Waals surface area contributed by atoms with Crippen molar-refractivity contribution in [1.82, 2.24) is 9.36 Å². The van der Waals surface area contributed by atoms with Crippen LogP contribution in [0.15, 0.2) is 0 Å². The summed E-state index contributed by atoms with van der Waals surface area (Å²) in [4.78, 5) is 6.55. The van der Waals surface area contributed by atoms with E-state index in [1.807, 2.05) is 4.90 Å². The zero-order valence-electron chi connectivity index (χ0n) is 11.2. The van der Waals surface area contributed by atoms with Crippen molar-refractivity contribution in [1.29, 1.82) is 0 Å². The topological polar surface area (TPSA) is 63.2 Å². The van der Waals surface area contributed by atoms with Crippen molar-refractivity contribution in [2.45, 2.75) is 38.4 Å². The van der Waals surface area contributed by atoms with Crippen LogP contribution in [0.1, 0.15) is 33.5 Å². The molecule has 5 nitrogen and oxygen atoms in total. The summed E-state index contributed by atoms with van der Waals surface area (Å²) in [6.07, 6.45) is 0. The van der Waals surface area contributed by atoms with Crippen LogP contribution in [-0.4, -0.2) is 41.9 Å². The van der Waals surface area contributed by atoms with Gasteiger partial charge < -0.3 is 4.90 Å². The highest BCUT2D eigenvalue weighted by Gasteiger charge is 2.31. The van der Waals surface area contributed by atoms with E-state index in [-0.39, 0.29) is 16.4 Å². The molecule has 18 heavy (non-hydrogen) atoms. The third-order valence-electron chi connectivity index (χ3n) is 3.09. The Balaban J connectivity index is 2.17. The van der Waals surface area contributed by atoms with Crippen LogP contribution >= 0.6 is 11.5 Å². The Labute approximate surface area is 112 Å². The van der Waals surface area contributed by atoms with Gasteiger partial charge in [-0.2, -0.15) is 4.37 Å². The Morgan fingerprint density at radius 1 is 1.39 bits per heavy atom. The molecule has 0 radical (unpaired) electrons. The smallest absolute Gasteiger partial charge is 0.205 e. The van der Waals surface area contributed by atoms with Crippen molar-refractivity contribution < 1.29 is 8.42 Å². The van der Waals surface area contributed by atoms with Crippen molar-refractivity contribution in [3.63, 3.8) is 0 Å². The van der Waals surface area contributed by atoms with Crippen molar-refractivity contribution in [3.05, 3.63) is 5.82 Å². The molecule has 1 aromatic rings. The molecule has 1 saturated heterocycles. The van der Waals surface area contributed by atoms with Crippen molar-refractivity contribution in [2.24, 2.45) is 0 Å². The van der Waals surface area contributed by atoms with E-state index in [2.05, 4.69) is 30.1 Å². The van der Waals surface area contributed by atoms with Gasteiger partial charge in [0, 0.05) is 30.0 Å². The van der Waals surface area contributed by atoms with E-state index < -0.39 is 9.84 Å². The summed E-state index contributed by atoms with van der Waals surface area (Å²) < 4.78 is 27.7. The van der Waals surface area contributed by atoms with Crippen LogP contribution < -0.4 is 4.90 Å². The van der Waals surface area contributed by atoms with E-state index in [4.69, 9.17) is 0 Å². The van der Waals surface area contributed by atoms with E-state index in [1.54, 1.807) is 6.92 Å². The summed E-state index contributed by atoms with van der Waals surface area (Å²) in [6.45, 7) is 9.01. The lowest BCUT2D eigenvalue weighted by Crippen LogP contribution is -2.45. The molecule has 0 spiro atoms. The zero-order chi connectivity index (χ0) is 13.6. The third-order valence-corrected chi connectivity index (χ3v) is 6.00. The third kappa shape index (κ3) is 2.66. The first-order chi connectivity index (χ1) is 8.20. The van der Waals surface area contributed by atoms with E-state index >= 15 is 0 Å². The number of sulfone groups is 1. The van der Waals surface area contributed by atoms with Gasteiger partial charge in [0.05, 0.1) is 11.0 Å². The molecule has 7 heteroatoms. The number of aromatic nitrogens is 2.